The molecule has 3 rings (SSSR count). The standard InChI is InChI=1S/C17H20N2O/c20-17-8-4-2-6-14(17)12-19-16-9-10-18-11-13-5-1-3-7-15(13)16/h1-8,16,18-20H,9-12H2. The molecule has 0 radical (unpaired) electrons. The monoisotopic (exact) mass is 268 g/mol. The molecule has 1 unspecified atom stereocenters. The first-order valence-corrected chi connectivity index (χ1v) is 7.13. The maximum atomic E-state index is 9.84. The molecule has 1 aliphatic heterocycles. The highest BCUT2D eigenvalue weighted by molar-refractivity contribution is 5.33. The molecule has 1 atom stereocenters. The Kier molecular flexibility index (Phi) is 4.00. The number of fused-ring (bicyclic) bond motifs is 1. The third kappa shape index (κ3) is 2.84. The number of phenolic OH excluding ortho intramolecular Hbond substituents is 1. The van der Waals surface area contributed by atoms with E-state index in [1.807, 2.05) is 18.2 Å². The summed E-state index contributed by atoms with van der Waals surface area (Å²) in [7, 11) is 0. The number of hydrogen-bond donors (Lipinski definition) is 3. The largest absolute Gasteiger partial charge is 0.508 e. The average molecular weight is 268 g/mol. The topological polar surface area (TPSA) is 44.3 Å². The summed E-state index contributed by atoms with van der Waals surface area (Å²) < 4.78 is 0. The van der Waals surface area contributed by atoms with E-state index in [1.54, 1.807) is 6.07 Å². The molecule has 0 spiro atoms. The van der Waals surface area contributed by atoms with Crippen molar-refractivity contribution >= 4 is 0 Å². The molecule has 0 saturated carbocycles. The summed E-state index contributed by atoms with van der Waals surface area (Å²) in [6.07, 6.45) is 1.06. The minimum absolute atomic E-state index is 0.334. The van der Waals surface area contributed by atoms with Crippen LogP contribution in [0.3, 0.4) is 0 Å². The number of para-hydroxylation sites is 1. The van der Waals surface area contributed by atoms with Gasteiger partial charge in [-0.25, -0.2) is 0 Å². The summed E-state index contributed by atoms with van der Waals surface area (Å²) in [5, 5.41) is 16.9. The van der Waals surface area contributed by atoms with Crippen molar-refractivity contribution in [3.63, 3.8) is 0 Å². The van der Waals surface area contributed by atoms with E-state index < -0.39 is 0 Å². The Morgan fingerprint density at radius 3 is 2.80 bits per heavy atom. The molecule has 2 aromatic rings. The van der Waals surface area contributed by atoms with Crippen molar-refractivity contribution in [3.05, 3.63) is 65.2 Å². The van der Waals surface area contributed by atoms with E-state index in [2.05, 4.69) is 34.9 Å². The molecule has 0 saturated heterocycles. The van der Waals surface area contributed by atoms with Crippen molar-refractivity contribution in [2.45, 2.75) is 25.6 Å². The number of rotatable bonds is 3. The summed E-state index contributed by atoms with van der Waals surface area (Å²) in [5.74, 6) is 0.361. The van der Waals surface area contributed by atoms with Gasteiger partial charge in [0.2, 0.25) is 0 Å². The van der Waals surface area contributed by atoms with Gasteiger partial charge in [0.15, 0.2) is 0 Å². The lowest BCUT2D eigenvalue weighted by Gasteiger charge is -2.19. The Morgan fingerprint density at radius 1 is 1.10 bits per heavy atom. The molecule has 3 nitrogen and oxygen atoms in total. The fourth-order valence-corrected chi connectivity index (χ4v) is 2.77. The molecular formula is C17H20N2O. The van der Waals surface area contributed by atoms with Gasteiger partial charge < -0.3 is 15.7 Å². The van der Waals surface area contributed by atoms with Gasteiger partial charge in [0.1, 0.15) is 5.75 Å². The Balaban J connectivity index is 1.76. The average Bonchev–Trinajstić information content (AvgIpc) is 2.69. The number of nitrogens with one attached hydrogen (secondary N) is 2. The highest BCUT2D eigenvalue weighted by atomic mass is 16.3. The van der Waals surface area contributed by atoms with Gasteiger partial charge in [0, 0.05) is 24.7 Å². The van der Waals surface area contributed by atoms with Crippen LogP contribution in [0.15, 0.2) is 48.5 Å². The third-order valence-electron chi connectivity index (χ3n) is 3.89. The van der Waals surface area contributed by atoms with E-state index >= 15 is 0 Å². The Morgan fingerprint density at radius 2 is 1.90 bits per heavy atom. The molecule has 0 bridgehead atoms. The highest BCUT2D eigenvalue weighted by Crippen LogP contribution is 2.24. The molecule has 20 heavy (non-hydrogen) atoms. The Hall–Kier alpha value is -1.84. The van der Waals surface area contributed by atoms with Crippen LogP contribution >= 0.6 is 0 Å². The molecule has 104 valence electrons. The van der Waals surface area contributed by atoms with E-state index in [-0.39, 0.29) is 0 Å². The predicted molar refractivity (Wildman–Crippen MR) is 80.5 cm³/mol. The van der Waals surface area contributed by atoms with Crippen molar-refractivity contribution in [1.82, 2.24) is 10.6 Å². The zero-order valence-corrected chi connectivity index (χ0v) is 11.5. The second kappa shape index (κ2) is 6.07. The van der Waals surface area contributed by atoms with E-state index in [0.29, 0.717) is 18.3 Å². The summed E-state index contributed by atoms with van der Waals surface area (Å²) >= 11 is 0. The molecule has 0 aliphatic carbocycles. The lowest BCUT2D eigenvalue weighted by molar-refractivity contribution is 0.451. The Bertz CT molecular complexity index is 583. The summed E-state index contributed by atoms with van der Waals surface area (Å²) in [4.78, 5) is 0. The predicted octanol–water partition coefficient (Wildman–Crippen LogP) is 2.72. The van der Waals surface area contributed by atoms with Gasteiger partial charge in [0.05, 0.1) is 0 Å². The van der Waals surface area contributed by atoms with Crippen LogP contribution in [-0.4, -0.2) is 11.7 Å². The summed E-state index contributed by atoms with van der Waals surface area (Å²) in [5.41, 5.74) is 3.68. The summed E-state index contributed by atoms with van der Waals surface area (Å²) in [6, 6.07) is 16.4. The van der Waals surface area contributed by atoms with Gasteiger partial charge >= 0.3 is 0 Å². The SMILES string of the molecule is Oc1ccccc1CNC1CCNCc2ccccc21. The van der Waals surface area contributed by atoms with Crippen molar-refractivity contribution in [2.75, 3.05) is 6.54 Å². The second-order valence-electron chi connectivity index (χ2n) is 5.23. The van der Waals surface area contributed by atoms with E-state index in [4.69, 9.17) is 0 Å². The van der Waals surface area contributed by atoms with Gasteiger partial charge in [0.25, 0.3) is 0 Å². The zero-order chi connectivity index (χ0) is 13.8. The number of phenols is 1. The van der Waals surface area contributed by atoms with Crippen molar-refractivity contribution in [3.8, 4) is 5.75 Å². The van der Waals surface area contributed by atoms with Crippen LogP contribution < -0.4 is 10.6 Å². The zero-order valence-electron chi connectivity index (χ0n) is 11.5. The molecular weight excluding hydrogens is 248 g/mol. The maximum Gasteiger partial charge on any atom is 0.120 e. The van der Waals surface area contributed by atoms with Crippen molar-refractivity contribution in [1.29, 1.82) is 0 Å². The molecule has 1 aliphatic rings. The highest BCUT2D eigenvalue weighted by Gasteiger charge is 2.17. The smallest absolute Gasteiger partial charge is 0.120 e. The molecule has 0 fully saturated rings. The second-order valence-corrected chi connectivity index (χ2v) is 5.23. The lowest BCUT2D eigenvalue weighted by Crippen LogP contribution is -2.22. The van der Waals surface area contributed by atoms with E-state index in [1.165, 1.54) is 11.1 Å². The van der Waals surface area contributed by atoms with Crippen LogP contribution in [0.2, 0.25) is 0 Å². The minimum Gasteiger partial charge on any atom is -0.508 e. The maximum absolute atomic E-state index is 9.84. The fraction of sp³-hybridized carbons (Fsp3) is 0.294. The molecule has 0 aromatic heterocycles. The van der Waals surface area contributed by atoms with E-state index in [9.17, 15) is 5.11 Å². The van der Waals surface area contributed by atoms with Crippen LogP contribution in [-0.2, 0) is 13.1 Å². The Labute approximate surface area is 119 Å². The van der Waals surface area contributed by atoms with Gasteiger partial charge in [-0.3, -0.25) is 0 Å². The lowest BCUT2D eigenvalue weighted by atomic mass is 9.99. The normalized spacial score (nSPS) is 18.3. The van der Waals surface area contributed by atoms with Gasteiger partial charge in [-0.05, 0) is 30.2 Å². The first-order chi connectivity index (χ1) is 9.84. The third-order valence-corrected chi connectivity index (χ3v) is 3.89. The number of benzene rings is 2. The van der Waals surface area contributed by atoms with Gasteiger partial charge in [-0.1, -0.05) is 42.5 Å². The van der Waals surface area contributed by atoms with E-state index in [0.717, 1.165) is 25.1 Å². The quantitative estimate of drug-likeness (QED) is 0.802. The van der Waals surface area contributed by atoms with Crippen molar-refractivity contribution < 1.29 is 5.11 Å². The first-order valence-electron chi connectivity index (χ1n) is 7.13. The number of hydrogen-bond acceptors (Lipinski definition) is 3. The molecule has 3 N–H and O–H groups in total. The molecule has 1 heterocycles. The van der Waals surface area contributed by atoms with Crippen molar-refractivity contribution in [2.24, 2.45) is 0 Å². The summed E-state index contributed by atoms with van der Waals surface area (Å²) in [6.45, 7) is 2.63. The van der Waals surface area contributed by atoms with Crippen LogP contribution in [0.5, 0.6) is 5.75 Å². The fourth-order valence-electron chi connectivity index (χ4n) is 2.77. The van der Waals surface area contributed by atoms with Crippen LogP contribution in [0.25, 0.3) is 0 Å². The van der Waals surface area contributed by atoms with Crippen LogP contribution in [0, 0.1) is 0 Å². The molecule has 2 aromatic carbocycles. The van der Waals surface area contributed by atoms with Crippen LogP contribution in [0.1, 0.15) is 29.2 Å². The first kappa shape index (κ1) is 13.2. The minimum atomic E-state index is 0.334. The van der Waals surface area contributed by atoms with Gasteiger partial charge in [-0.15, -0.1) is 0 Å². The van der Waals surface area contributed by atoms with Crippen LogP contribution in [0.4, 0.5) is 0 Å². The molecule has 0 amide bonds. The number of aromatic hydroxyl groups is 1. The van der Waals surface area contributed by atoms with Gasteiger partial charge in [-0.2, -0.15) is 0 Å². The molecule has 3 heteroatoms.